The minimum absolute atomic E-state index is 0.714. The van der Waals surface area contributed by atoms with Gasteiger partial charge in [-0.05, 0) is 25.0 Å². The van der Waals surface area contributed by atoms with Gasteiger partial charge in [0.1, 0.15) is 5.52 Å². The summed E-state index contributed by atoms with van der Waals surface area (Å²) < 4.78 is 5.67. The Bertz CT molecular complexity index is 486. The van der Waals surface area contributed by atoms with Crippen LogP contribution in [0.3, 0.4) is 0 Å². The van der Waals surface area contributed by atoms with Gasteiger partial charge in [-0.1, -0.05) is 0 Å². The fourth-order valence-electron chi connectivity index (χ4n) is 1.97. The van der Waals surface area contributed by atoms with Crippen LogP contribution in [-0.4, -0.2) is 18.1 Å². The van der Waals surface area contributed by atoms with E-state index in [4.69, 9.17) is 10.2 Å². The molecule has 0 unspecified atom stereocenters. The summed E-state index contributed by atoms with van der Waals surface area (Å²) in [4.78, 5) is 6.62. The van der Waals surface area contributed by atoms with Gasteiger partial charge in [0.2, 0.25) is 0 Å². The molecule has 4 heteroatoms. The normalized spacial score (nSPS) is 16.4. The van der Waals surface area contributed by atoms with Crippen LogP contribution in [0, 0.1) is 0 Å². The predicted octanol–water partition coefficient (Wildman–Crippen LogP) is 2.01. The molecule has 1 aromatic heterocycles. The van der Waals surface area contributed by atoms with Crippen molar-refractivity contribution >= 4 is 22.8 Å². The summed E-state index contributed by atoms with van der Waals surface area (Å²) in [5.41, 5.74) is 8.06. The van der Waals surface area contributed by atoms with Crippen LogP contribution in [0.4, 0.5) is 11.7 Å². The first-order valence-electron chi connectivity index (χ1n) is 5.24. The van der Waals surface area contributed by atoms with E-state index in [1.54, 1.807) is 0 Å². The molecule has 4 nitrogen and oxygen atoms in total. The lowest BCUT2D eigenvalue weighted by Crippen LogP contribution is -2.17. The Kier molecular flexibility index (Phi) is 1.80. The molecule has 78 valence electrons. The van der Waals surface area contributed by atoms with E-state index in [1.807, 2.05) is 18.2 Å². The van der Waals surface area contributed by atoms with Crippen LogP contribution < -0.4 is 10.6 Å². The Morgan fingerprint density at radius 2 is 2.07 bits per heavy atom. The molecule has 15 heavy (non-hydrogen) atoms. The molecule has 1 aliphatic heterocycles. The number of hydrogen-bond acceptors (Lipinski definition) is 4. The molecular weight excluding hydrogens is 190 g/mol. The summed E-state index contributed by atoms with van der Waals surface area (Å²) in [7, 11) is 0. The van der Waals surface area contributed by atoms with Crippen molar-refractivity contribution in [1.29, 1.82) is 0 Å². The smallest absolute Gasteiger partial charge is 0.298 e. The number of oxazole rings is 1. The molecule has 1 fully saturated rings. The topological polar surface area (TPSA) is 55.3 Å². The van der Waals surface area contributed by atoms with Crippen molar-refractivity contribution in [3.8, 4) is 0 Å². The maximum Gasteiger partial charge on any atom is 0.298 e. The van der Waals surface area contributed by atoms with Crippen molar-refractivity contribution in [2.24, 2.45) is 0 Å². The van der Waals surface area contributed by atoms with Gasteiger partial charge in [-0.15, -0.1) is 0 Å². The van der Waals surface area contributed by atoms with Gasteiger partial charge in [0.25, 0.3) is 6.01 Å². The third-order valence-electron chi connectivity index (χ3n) is 2.78. The predicted molar refractivity (Wildman–Crippen MR) is 59.9 cm³/mol. The van der Waals surface area contributed by atoms with E-state index in [2.05, 4.69) is 9.88 Å². The van der Waals surface area contributed by atoms with Crippen molar-refractivity contribution in [3.05, 3.63) is 18.2 Å². The molecule has 0 bridgehead atoms. The van der Waals surface area contributed by atoms with Crippen LogP contribution in [0.15, 0.2) is 22.6 Å². The zero-order valence-corrected chi connectivity index (χ0v) is 8.44. The van der Waals surface area contributed by atoms with Gasteiger partial charge < -0.3 is 15.1 Å². The molecular formula is C11H13N3O. The first-order valence-corrected chi connectivity index (χ1v) is 5.24. The second kappa shape index (κ2) is 3.15. The summed E-state index contributed by atoms with van der Waals surface area (Å²) in [6.07, 6.45) is 2.45. The Morgan fingerprint density at radius 3 is 2.87 bits per heavy atom. The Morgan fingerprint density at radius 1 is 1.27 bits per heavy atom. The first kappa shape index (κ1) is 8.59. The van der Waals surface area contributed by atoms with Crippen molar-refractivity contribution < 1.29 is 4.42 Å². The van der Waals surface area contributed by atoms with Gasteiger partial charge in [0.15, 0.2) is 5.58 Å². The molecule has 2 N–H and O–H groups in total. The lowest BCUT2D eigenvalue weighted by atomic mass is 10.3. The number of nitrogen functional groups attached to an aromatic ring is 1. The van der Waals surface area contributed by atoms with E-state index in [1.165, 1.54) is 12.8 Å². The van der Waals surface area contributed by atoms with Crippen molar-refractivity contribution in [2.45, 2.75) is 12.8 Å². The van der Waals surface area contributed by atoms with Gasteiger partial charge in [0, 0.05) is 24.8 Å². The minimum atomic E-state index is 0.714. The van der Waals surface area contributed by atoms with Gasteiger partial charge >= 0.3 is 0 Å². The summed E-state index contributed by atoms with van der Waals surface area (Å²) in [5, 5.41) is 0. The molecule has 2 heterocycles. The van der Waals surface area contributed by atoms with Crippen molar-refractivity contribution in [2.75, 3.05) is 23.7 Å². The number of nitrogens with two attached hydrogens (primary N) is 1. The molecule has 0 aliphatic carbocycles. The van der Waals surface area contributed by atoms with Gasteiger partial charge in [-0.2, -0.15) is 4.98 Å². The largest absolute Gasteiger partial charge is 0.423 e. The van der Waals surface area contributed by atoms with Crippen molar-refractivity contribution in [1.82, 2.24) is 4.98 Å². The van der Waals surface area contributed by atoms with E-state index in [-0.39, 0.29) is 0 Å². The summed E-state index contributed by atoms with van der Waals surface area (Å²) in [5.74, 6) is 0. The van der Waals surface area contributed by atoms with Gasteiger partial charge in [-0.25, -0.2) is 0 Å². The third-order valence-corrected chi connectivity index (χ3v) is 2.78. The number of fused-ring (bicyclic) bond motifs is 1. The van der Waals surface area contributed by atoms with Gasteiger partial charge in [-0.3, -0.25) is 0 Å². The highest BCUT2D eigenvalue weighted by Crippen LogP contribution is 2.25. The quantitative estimate of drug-likeness (QED) is 0.720. The fourth-order valence-corrected chi connectivity index (χ4v) is 1.97. The maximum atomic E-state index is 5.69. The van der Waals surface area contributed by atoms with Gasteiger partial charge in [0.05, 0.1) is 0 Å². The third kappa shape index (κ3) is 1.42. The number of benzene rings is 1. The first-order chi connectivity index (χ1) is 7.33. The SMILES string of the molecule is Nc1ccc2nc(N3CCCC3)oc2c1. The molecule has 1 aromatic carbocycles. The molecule has 1 saturated heterocycles. The number of hydrogen-bond donors (Lipinski definition) is 1. The van der Waals surface area contributed by atoms with E-state index in [0.29, 0.717) is 5.69 Å². The highest BCUT2D eigenvalue weighted by atomic mass is 16.4. The number of aromatic nitrogens is 1. The van der Waals surface area contributed by atoms with Crippen LogP contribution >= 0.6 is 0 Å². The van der Waals surface area contributed by atoms with E-state index >= 15 is 0 Å². The standard InChI is InChI=1S/C11H13N3O/c12-8-3-4-9-10(7-8)15-11(13-9)14-5-1-2-6-14/h3-4,7H,1-2,5-6,12H2. The molecule has 0 amide bonds. The zero-order valence-electron chi connectivity index (χ0n) is 8.44. The fraction of sp³-hybridized carbons (Fsp3) is 0.364. The molecule has 0 radical (unpaired) electrons. The maximum absolute atomic E-state index is 5.69. The molecule has 0 atom stereocenters. The van der Waals surface area contributed by atoms with Crippen LogP contribution in [-0.2, 0) is 0 Å². The second-order valence-electron chi connectivity index (χ2n) is 3.92. The Labute approximate surface area is 87.7 Å². The van der Waals surface area contributed by atoms with E-state index < -0.39 is 0 Å². The van der Waals surface area contributed by atoms with Crippen LogP contribution in [0.2, 0.25) is 0 Å². The second-order valence-corrected chi connectivity index (χ2v) is 3.92. The van der Waals surface area contributed by atoms with Crippen LogP contribution in [0.5, 0.6) is 0 Å². The molecule has 1 aliphatic rings. The van der Waals surface area contributed by atoms with E-state index in [0.717, 1.165) is 30.2 Å². The van der Waals surface area contributed by atoms with Crippen LogP contribution in [0.1, 0.15) is 12.8 Å². The Balaban J connectivity index is 2.05. The zero-order chi connectivity index (χ0) is 10.3. The monoisotopic (exact) mass is 203 g/mol. The number of anilines is 2. The average Bonchev–Trinajstić information content (AvgIpc) is 2.84. The highest BCUT2D eigenvalue weighted by molar-refractivity contribution is 5.78. The number of nitrogens with zero attached hydrogens (tertiary/aromatic N) is 2. The lowest BCUT2D eigenvalue weighted by Gasteiger charge is -2.10. The summed E-state index contributed by atoms with van der Waals surface area (Å²) in [6, 6.07) is 6.29. The highest BCUT2D eigenvalue weighted by Gasteiger charge is 2.17. The molecule has 0 saturated carbocycles. The van der Waals surface area contributed by atoms with E-state index in [9.17, 15) is 0 Å². The number of rotatable bonds is 1. The summed E-state index contributed by atoms with van der Waals surface area (Å²) >= 11 is 0. The lowest BCUT2D eigenvalue weighted by molar-refractivity contribution is 0.585. The molecule has 2 aromatic rings. The average molecular weight is 203 g/mol. The minimum Gasteiger partial charge on any atom is -0.423 e. The molecule has 0 spiro atoms. The van der Waals surface area contributed by atoms with Crippen molar-refractivity contribution in [3.63, 3.8) is 0 Å². The molecule has 3 rings (SSSR count). The summed E-state index contributed by atoms with van der Waals surface area (Å²) in [6.45, 7) is 2.09. The van der Waals surface area contributed by atoms with Crippen LogP contribution in [0.25, 0.3) is 11.1 Å². The Hall–Kier alpha value is -1.71.